The van der Waals surface area contributed by atoms with Crippen molar-refractivity contribution in [2.45, 2.75) is 31.6 Å². The molecular weight excluding hydrogens is 531 g/mol. The molecule has 1 unspecified atom stereocenters. The molecular formula is C21H37IN4O4S. The van der Waals surface area contributed by atoms with E-state index in [4.69, 9.17) is 9.47 Å². The summed E-state index contributed by atoms with van der Waals surface area (Å²) in [5.74, 6) is 1.44. The number of guanidine groups is 1. The maximum absolute atomic E-state index is 12.0. The molecule has 1 heterocycles. The molecule has 2 rings (SSSR count). The molecule has 31 heavy (non-hydrogen) atoms. The third kappa shape index (κ3) is 8.39. The van der Waals surface area contributed by atoms with Gasteiger partial charge in [0, 0.05) is 32.4 Å². The second-order valence-corrected chi connectivity index (χ2v) is 10.7. The number of rotatable bonds is 9. The van der Waals surface area contributed by atoms with Crippen LogP contribution in [0.15, 0.2) is 29.3 Å². The lowest BCUT2D eigenvalue weighted by molar-refractivity contribution is 0.0170. The zero-order chi connectivity index (χ0) is 22.2. The minimum absolute atomic E-state index is 0. The van der Waals surface area contributed by atoms with Gasteiger partial charge in [0.2, 0.25) is 0 Å². The number of hydrogen-bond acceptors (Lipinski definition) is 6. The smallest absolute Gasteiger partial charge is 0.191 e. The Morgan fingerprint density at radius 1 is 1.23 bits per heavy atom. The van der Waals surface area contributed by atoms with Gasteiger partial charge in [-0.15, -0.1) is 24.0 Å². The van der Waals surface area contributed by atoms with Crippen LogP contribution < -0.4 is 15.4 Å². The predicted molar refractivity (Wildman–Crippen MR) is 136 cm³/mol. The van der Waals surface area contributed by atoms with Gasteiger partial charge in [-0.3, -0.25) is 9.89 Å². The Morgan fingerprint density at radius 2 is 1.84 bits per heavy atom. The highest BCUT2D eigenvalue weighted by Gasteiger charge is 2.30. The van der Waals surface area contributed by atoms with Gasteiger partial charge < -0.3 is 20.1 Å². The second kappa shape index (κ2) is 12.8. The lowest BCUT2D eigenvalue weighted by Gasteiger charge is -2.35. The van der Waals surface area contributed by atoms with Crippen LogP contribution in [0.2, 0.25) is 0 Å². The average Bonchev–Trinajstić information content (AvgIpc) is 2.72. The summed E-state index contributed by atoms with van der Waals surface area (Å²) in [6.45, 7) is 10.0. The van der Waals surface area contributed by atoms with Gasteiger partial charge in [0.25, 0.3) is 0 Å². The quantitative estimate of drug-likeness (QED) is 0.268. The molecule has 1 aromatic carbocycles. The van der Waals surface area contributed by atoms with E-state index >= 15 is 0 Å². The summed E-state index contributed by atoms with van der Waals surface area (Å²) in [6.07, 6.45) is 1.25. The Balaban J connectivity index is 0.00000480. The predicted octanol–water partition coefficient (Wildman–Crippen LogP) is 2.06. The number of nitrogens with one attached hydrogen (secondary N) is 2. The lowest BCUT2D eigenvalue weighted by atomic mass is 10.0. The molecule has 0 saturated carbocycles. The Kier molecular flexibility index (Phi) is 11.5. The summed E-state index contributed by atoms with van der Waals surface area (Å²) in [5, 5.41) is 6.62. The first-order valence-electron chi connectivity index (χ1n) is 10.4. The minimum Gasteiger partial charge on any atom is -0.497 e. The third-order valence-electron chi connectivity index (χ3n) is 5.42. The highest BCUT2D eigenvalue weighted by Crippen LogP contribution is 2.23. The van der Waals surface area contributed by atoms with E-state index in [0.717, 1.165) is 18.8 Å². The van der Waals surface area contributed by atoms with Crippen molar-refractivity contribution in [1.82, 2.24) is 15.5 Å². The summed E-state index contributed by atoms with van der Waals surface area (Å²) in [5.41, 5.74) is 1.18. The van der Waals surface area contributed by atoms with Crippen LogP contribution in [0.3, 0.4) is 0 Å². The van der Waals surface area contributed by atoms with Gasteiger partial charge in [-0.05, 0) is 38.5 Å². The summed E-state index contributed by atoms with van der Waals surface area (Å²) in [4.78, 5) is 6.93. The van der Waals surface area contributed by atoms with Gasteiger partial charge in [0.05, 0.1) is 37.7 Å². The number of sulfone groups is 1. The molecule has 1 saturated heterocycles. The highest BCUT2D eigenvalue weighted by atomic mass is 127. The Labute approximate surface area is 204 Å². The van der Waals surface area contributed by atoms with Crippen molar-refractivity contribution >= 4 is 39.8 Å². The van der Waals surface area contributed by atoms with Crippen LogP contribution in [0, 0.1) is 0 Å². The molecule has 10 heteroatoms. The van der Waals surface area contributed by atoms with Gasteiger partial charge in [-0.1, -0.05) is 12.1 Å². The van der Waals surface area contributed by atoms with Crippen molar-refractivity contribution in [3.05, 3.63) is 29.8 Å². The molecule has 0 spiro atoms. The van der Waals surface area contributed by atoms with E-state index in [1.807, 2.05) is 19.1 Å². The Bertz CT molecular complexity index is 794. The van der Waals surface area contributed by atoms with Crippen LogP contribution in [0.5, 0.6) is 5.75 Å². The molecule has 0 bridgehead atoms. The fourth-order valence-corrected chi connectivity index (χ4v) is 3.39. The summed E-state index contributed by atoms with van der Waals surface area (Å²) >= 11 is 0. The number of aliphatic imine (C=N–C) groups is 1. The normalized spacial score (nSPS) is 16.9. The van der Waals surface area contributed by atoms with Crippen LogP contribution in [-0.4, -0.2) is 83.3 Å². The molecule has 178 valence electrons. The van der Waals surface area contributed by atoms with Gasteiger partial charge in [-0.2, -0.15) is 0 Å². The van der Waals surface area contributed by atoms with Gasteiger partial charge in [-0.25, -0.2) is 8.42 Å². The Hall–Kier alpha value is -1.11. The monoisotopic (exact) mass is 568 g/mol. The van der Waals surface area contributed by atoms with Gasteiger partial charge >= 0.3 is 0 Å². The molecule has 1 aliphatic heterocycles. The molecule has 8 nitrogen and oxygen atoms in total. The van der Waals surface area contributed by atoms with Crippen LogP contribution >= 0.6 is 24.0 Å². The maximum atomic E-state index is 12.0. The standard InChI is InChI=1S/C21H36N4O4S.HI/c1-6-22-20(24-16-21(2,3)30(5,26)27)23-15-19(25-11-13-29-14-12-25)17-7-9-18(28-4)10-8-17;/h7-10,19H,6,11-16H2,1-5H3,(H2,22,23,24);1H. The first kappa shape index (κ1) is 27.9. The third-order valence-corrected chi connectivity index (χ3v) is 7.55. The number of morpholine rings is 1. The van der Waals surface area contributed by atoms with Crippen molar-refractivity contribution in [2.75, 3.05) is 59.3 Å². The number of benzene rings is 1. The summed E-state index contributed by atoms with van der Waals surface area (Å²) in [6, 6.07) is 8.23. The van der Waals surface area contributed by atoms with E-state index in [1.54, 1.807) is 21.0 Å². The summed E-state index contributed by atoms with van der Waals surface area (Å²) < 4.78 is 33.9. The molecule has 1 aromatic rings. The van der Waals surface area contributed by atoms with Crippen LogP contribution in [0.25, 0.3) is 0 Å². The molecule has 1 fully saturated rings. The first-order chi connectivity index (χ1) is 14.2. The zero-order valence-electron chi connectivity index (χ0n) is 19.2. The van der Waals surface area contributed by atoms with E-state index in [0.29, 0.717) is 32.3 Å². The van der Waals surface area contributed by atoms with Crippen molar-refractivity contribution in [3.8, 4) is 5.75 Å². The topological polar surface area (TPSA) is 92.3 Å². The number of halogens is 1. The van der Waals surface area contributed by atoms with Crippen LogP contribution in [0.1, 0.15) is 32.4 Å². The molecule has 0 amide bonds. The van der Waals surface area contributed by atoms with Crippen molar-refractivity contribution in [1.29, 1.82) is 0 Å². The number of methoxy groups -OCH3 is 1. The number of ether oxygens (including phenoxy) is 2. The summed E-state index contributed by atoms with van der Waals surface area (Å²) in [7, 11) is -1.55. The molecule has 2 N–H and O–H groups in total. The molecule has 0 aromatic heterocycles. The Morgan fingerprint density at radius 3 is 2.35 bits per heavy atom. The molecule has 0 radical (unpaired) electrons. The van der Waals surface area contributed by atoms with E-state index in [9.17, 15) is 8.42 Å². The van der Waals surface area contributed by atoms with Crippen molar-refractivity contribution < 1.29 is 17.9 Å². The van der Waals surface area contributed by atoms with E-state index in [1.165, 1.54) is 11.8 Å². The van der Waals surface area contributed by atoms with E-state index < -0.39 is 14.6 Å². The zero-order valence-corrected chi connectivity index (χ0v) is 22.3. The van der Waals surface area contributed by atoms with Crippen molar-refractivity contribution in [3.63, 3.8) is 0 Å². The average molecular weight is 569 g/mol. The molecule has 1 atom stereocenters. The molecule has 1 aliphatic rings. The van der Waals surface area contributed by atoms with Gasteiger partial charge in [0.15, 0.2) is 15.8 Å². The van der Waals surface area contributed by atoms with Crippen LogP contribution in [0.4, 0.5) is 0 Å². The van der Waals surface area contributed by atoms with Crippen molar-refractivity contribution in [2.24, 2.45) is 4.99 Å². The first-order valence-corrected chi connectivity index (χ1v) is 12.2. The SMILES string of the molecule is CCNC(=NCC(C)(C)S(C)(=O)=O)NCC(c1ccc(OC)cc1)N1CCOCC1.I. The van der Waals surface area contributed by atoms with Crippen LogP contribution in [-0.2, 0) is 14.6 Å². The van der Waals surface area contributed by atoms with E-state index in [2.05, 4.69) is 32.7 Å². The fourth-order valence-electron chi connectivity index (χ4n) is 3.09. The van der Waals surface area contributed by atoms with Gasteiger partial charge in [0.1, 0.15) is 5.75 Å². The molecule has 0 aliphatic carbocycles. The number of hydrogen-bond donors (Lipinski definition) is 2. The fraction of sp³-hybridized carbons (Fsp3) is 0.667. The number of nitrogens with zero attached hydrogens (tertiary/aromatic N) is 2. The highest BCUT2D eigenvalue weighted by molar-refractivity contribution is 14.0. The largest absolute Gasteiger partial charge is 0.497 e. The second-order valence-electron chi connectivity index (χ2n) is 8.05. The van der Waals surface area contributed by atoms with E-state index in [-0.39, 0.29) is 36.6 Å². The minimum atomic E-state index is -3.21. The maximum Gasteiger partial charge on any atom is 0.191 e. The lowest BCUT2D eigenvalue weighted by Crippen LogP contribution is -2.47.